The zero-order valence-corrected chi connectivity index (χ0v) is 16.4. The first kappa shape index (κ1) is 17.8. The third-order valence-corrected chi connectivity index (χ3v) is 6.82. The molecule has 2 aromatic carbocycles. The van der Waals surface area contributed by atoms with Gasteiger partial charge in [0.15, 0.2) is 0 Å². The van der Waals surface area contributed by atoms with E-state index in [-0.39, 0.29) is 23.1 Å². The molecular weight excluding hydrogens is 364 g/mol. The minimum atomic E-state index is -0.812. The average Bonchev–Trinajstić information content (AvgIpc) is 3.12. The first-order chi connectivity index (χ1) is 13.9. The lowest BCUT2D eigenvalue weighted by molar-refractivity contribution is -0.130. The maximum Gasteiger partial charge on any atom is 0.269 e. The number of hydrogen-bond donors (Lipinski definition) is 2. The van der Waals surface area contributed by atoms with E-state index in [1.54, 1.807) is 24.3 Å². The van der Waals surface area contributed by atoms with Crippen molar-refractivity contribution in [2.24, 2.45) is 5.41 Å². The van der Waals surface area contributed by atoms with Gasteiger partial charge in [0.05, 0.1) is 22.4 Å². The minimum absolute atomic E-state index is 0.171. The molecule has 2 aliphatic rings. The lowest BCUT2D eigenvalue weighted by atomic mass is 9.68. The maximum absolute atomic E-state index is 13.5. The number of nitrogens with one attached hydrogen (secondary N) is 2. The van der Waals surface area contributed by atoms with Crippen LogP contribution in [-0.4, -0.2) is 21.8 Å². The van der Waals surface area contributed by atoms with E-state index >= 15 is 0 Å². The van der Waals surface area contributed by atoms with Gasteiger partial charge in [-0.3, -0.25) is 20.4 Å². The van der Waals surface area contributed by atoms with Gasteiger partial charge >= 0.3 is 0 Å². The number of benzene rings is 2. The normalized spacial score (nSPS) is 23.6. The number of nitrogens with zero attached hydrogens (tertiary/aromatic N) is 2. The van der Waals surface area contributed by atoms with E-state index in [9.17, 15) is 9.59 Å². The molecule has 0 spiro atoms. The van der Waals surface area contributed by atoms with Crippen LogP contribution in [0, 0.1) is 5.41 Å². The Morgan fingerprint density at radius 3 is 2.31 bits per heavy atom. The molecule has 1 fully saturated rings. The Labute approximate surface area is 168 Å². The molecule has 6 nitrogen and oxygen atoms in total. The number of carbonyl (C=O) groups is 2. The van der Waals surface area contributed by atoms with Crippen molar-refractivity contribution in [1.29, 1.82) is 0 Å². The lowest BCUT2D eigenvalue weighted by Gasteiger charge is -2.36. The predicted molar refractivity (Wildman–Crippen MR) is 109 cm³/mol. The van der Waals surface area contributed by atoms with E-state index in [0.717, 1.165) is 28.8 Å². The van der Waals surface area contributed by atoms with E-state index in [0.29, 0.717) is 12.0 Å². The lowest BCUT2D eigenvalue weighted by Crippen LogP contribution is -2.54. The van der Waals surface area contributed by atoms with Gasteiger partial charge in [0.1, 0.15) is 5.41 Å². The molecule has 0 aliphatic heterocycles. The quantitative estimate of drug-likeness (QED) is 0.662. The number of rotatable bonds is 2. The third kappa shape index (κ3) is 2.35. The van der Waals surface area contributed by atoms with Crippen LogP contribution >= 0.6 is 0 Å². The largest absolute Gasteiger partial charge is 0.272 e. The number of aromatic nitrogens is 2. The highest BCUT2D eigenvalue weighted by Crippen LogP contribution is 2.67. The molecule has 2 atom stereocenters. The Morgan fingerprint density at radius 2 is 1.59 bits per heavy atom. The van der Waals surface area contributed by atoms with Crippen LogP contribution in [0.4, 0.5) is 0 Å². The van der Waals surface area contributed by atoms with Gasteiger partial charge in [0.2, 0.25) is 0 Å². The van der Waals surface area contributed by atoms with Crippen molar-refractivity contribution in [3.05, 3.63) is 71.5 Å². The van der Waals surface area contributed by atoms with Crippen molar-refractivity contribution in [3.8, 4) is 0 Å². The molecular formula is C23H22N4O2. The maximum atomic E-state index is 13.5. The molecule has 1 aromatic heterocycles. The Bertz CT molecular complexity index is 1140. The average molecular weight is 386 g/mol. The van der Waals surface area contributed by atoms with E-state index in [1.165, 1.54) is 0 Å². The Morgan fingerprint density at radius 1 is 0.931 bits per heavy atom. The van der Waals surface area contributed by atoms with Gasteiger partial charge in [0, 0.05) is 11.5 Å². The highest BCUT2D eigenvalue weighted by atomic mass is 16.2. The van der Waals surface area contributed by atoms with Crippen LogP contribution in [0.25, 0.3) is 11.0 Å². The number of amides is 2. The summed E-state index contributed by atoms with van der Waals surface area (Å²) in [5, 5.41) is 0. The summed E-state index contributed by atoms with van der Waals surface area (Å²) >= 11 is 0. The van der Waals surface area contributed by atoms with E-state index in [1.807, 2.05) is 30.3 Å². The predicted octanol–water partition coefficient (Wildman–Crippen LogP) is 3.25. The molecule has 2 bridgehead atoms. The first-order valence-corrected chi connectivity index (χ1v) is 9.88. The number of fused-ring (bicyclic) bond motifs is 6. The van der Waals surface area contributed by atoms with Gasteiger partial charge in [-0.1, -0.05) is 44.2 Å². The Hall–Kier alpha value is -3.28. The summed E-state index contributed by atoms with van der Waals surface area (Å²) in [6.45, 7) is 4.22. The fourth-order valence-electron chi connectivity index (χ4n) is 5.21. The molecule has 0 saturated heterocycles. The number of hydrogen-bond acceptors (Lipinski definition) is 4. The van der Waals surface area contributed by atoms with Crippen LogP contribution in [0.15, 0.2) is 54.6 Å². The van der Waals surface area contributed by atoms with Crippen molar-refractivity contribution in [3.63, 3.8) is 0 Å². The van der Waals surface area contributed by atoms with Crippen molar-refractivity contribution < 1.29 is 9.59 Å². The van der Waals surface area contributed by atoms with Crippen LogP contribution in [0.5, 0.6) is 0 Å². The molecule has 2 N–H and O–H groups in total. The first-order valence-electron chi connectivity index (χ1n) is 9.88. The fraction of sp³-hybridized carbons (Fsp3) is 0.304. The van der Waals surface area contributed by atoms with Crippen LogP contribution in [0.1, 0.15) is 54.4 Å². The van der Waals surface area contributed by atoms with E-state index < -0.39 is 5.41 Å². The highest BCUT2D eigenvalue weighted by Gasteiger charge is 2.68. The summed E-state index contributed by atoms with van der Waals surface area (Å²) in [5.74, 6) is -0.395. The molecule has 3 aromatic rings. The third-order valence-electron chi connectivity index (χ3n) is 6.82. The Balaban J connectivity index is 1.51. The SMILES string of the molecule is CC1(C)C2CCC1(C(=O)NNC(=O)c1ccccc1)c1nc3ccccc3nc12. The molecule has 1 heterocycles. The van der Waals surface area contributed by atoms with Crippen molar-refractivity contribution in [2.75, 3.05) is 0 Å². The standard InChI is InChI=1S/C23H22N4O2/c1-22(2)15-12-13-23(22,19-18(15)24-16-10-6-7-11-17(16)25-19)21(29)27-26-20(28)14-8-4-3-5-9-14/h3-11,15H,12-13H2,1-2H3,(H,26,28)(H,27,29). The zero-order chi connectivity index (χ0) is 20.2. The van der Waals surface area contributed by atoms with Crippen LogP contribution < -0.4 is 10.9 Å². The van der Waals surface area contributed by atoms with Crippen LogP contribution in [0.2, 0.25) is 0 Å². The van der Waals surface area contributed by atoms with Gasteiger partial charge in [0.25, 0.3) is 11.8 Å². The van der Waals surface area contributed by atoms with Crippen LogP contribution in [0.3, 0.4) is 0 Å². The Kier molecular flexibility index (Phi) is 3.75. The van der Waals surface area contributed by atoms with Crippen molar-refractivity contribution >= 4 is 22.8 Å². The second-order valence-corrected chi connectivity index (χ2v) is 8.44. The highest BCUT2D eigenvalue weighted by molar-refractivity contribution is 5.98. The fourth-order valence-corrected chi connectivity index (χ4v) is 5.21. The second-order valence-electron chi connectivity index (χ2n) is 8.44. The molecule has 29 heavy (non-hydrogen) atoms. The number of carbonyl (C=O) groups excluding carboxylic acids is 2. The van der Waals surface area contributed by atoms with Crippen molar-refractivity contribution in [1.82, 2.24) is 20.8 Å². The zero-order valence-electron chi connectivity index (χ0n) is 16.4. The van der Waals surface area contributed by atoms with Gasteiger partial charge in [-0.2, -0.15) is 0 Å². The van der Waals surface area contributed by atoms with Crippen molar-refractivity contribution in [2.45, 2.75) is 38.0 Å². The number of para-hydroxylation sites is 2. The van der Waals surface area contributed by atoms with Gasteiger partial charge in [-0.25, -0.2) is 9.97 Å². The minimum Gasteiger partial charge on any atom is -0.272 e. The molecule has 6 heteroatoms. The molecule has 1 saturated carbocycles. The summed E-state index contributed by atoms with van der Waals surface area (Å²) in [4.78, 5) is 35.6. The van der Waals surface area contributed by atoms with Gasteiger partial charge < -0.3 is 0 Å². The molecule has 2 aliphatic carbocycles. The topological polar surface area (TPSA) is 84.0 Å². The monoisotopic (exact) mass is 386 g/mol. The molecule has 0 radical (unpaired) electrons. The molecule has 5 rings (SSSR count). The summed E-state index contributed by atoms with van der Waals surface area (Å²) in [7, 11) is 0. The van der Waals surface area contributed by atoms with E-state index in [4.69, 9.17) is 9.97 Å². The summed E-state index contributed by atoms with van der Waals surface area (Å²) in [6.07, 6.45) is 1.57. The molecule has 2 amide bonds. The summed E-state index contributed by atoms with van der Waals surface area (Å²) in [5.41, 5.74) is 7.90. The van der Waals surface area contributed by atoms with Crippen LogP contribution in [-0.2, 0) is 10.2 Å². The molecule has 146 valence electrons. The summed E-state index contributed by atoms with van der Waals surface area (Å²) in [6, 6.07) is 16.6. The summed E-state index contributed by atoms with van der Waals surface area (Å²) < 4.78 is 0. The number of hydrazine groups is 1. The van der Waals surface area contributed by atoms with Gasteiger partial charge in [-0.05, 0) is 42.5 Å². The van der Waals surface area contributed by atoms with Gasteiger partial charge in [-0.15, -0.1) is 0 Å². The second kappa shape index (κ2) is 6.11. The smallest absolute Gasteiger partial charge is 0.269 e. The molecule has 2 unspecified atom stereocenters. The van der Waals surface area contributed by atoms with E-state index in [2.05, 4.69) is 24.7 Å².